The van der Waals surface area contributed by atoms with Crippen molar-refractivity contribution in [3.63, 3.8) is 0 Å². The molecule has 8 heteroatoms. The van der Waals surface area contributed by atoms with Crippen molar-refractivity contribution >= 4 is 23.5 Å². The van der Waals surface area contributed by atoms with Crippen LogP contribution in [0.15, 0.2) is 54.6 Å². The molecular formula is C28H35N7O. The number of nitrogens with zero attached hydrogens (tertiary/aromatic N) is 6. The number of hydrogen-bond acceptors (Lipinski definition) is 6. The standard InChI is InChI=1S/C28H35N7O/c1-21-9-11-23(12-10-21)33-15-17-34(18-16-33)27-30-25-13-14-35(20-24(25)26(31-27)32(2)3)28(36)29-19-22-7-5-4-6-8-22/h4-12H,13-20H2,1-3H3,(H,29,36). The minimum Gasteiger partial charge on any atom is -0.368 e. The summed E-state index contributed by atoms with van der Waals surface area (Å²) in [5.74, 6) is 1.69. The zero-order chi connectivity index (χ0) is 25.1. The molecule has 1 saturated heterocycles. The predicted molar refractivity (Wildman–Crippen MR) is 145 cm³/mol. The van der Waals surface area contributed by atoms with Crippen molar-refractivity contribution < 1.29 is 4.79 Å². The molecular weight excluding hydrogens is 450 g/mol. The molecule has 2 aliphatic heterocycles. The summed E-state index contributed by atoms with van der Waals surface area (Å²) in [4.78, 5) is 31.5. The van der Waals surface area contributed by atoms with Crippen LogP contribution in [0.4, 0.5) is 22.2 Å². The second-order valence-electron chi connectivity index (χ2n) is 9.79. The van der Waals surface area contributed by atoms with Gasteiger partial charge in [0.15, 0.2) is 0 Å². The van der Waals surface area contributed by atoms with E-state index in [4.69, 9.17) is 9.97 Å². The molecule has 1 fully saturated rings. The highest BCUT2D eigenvalue weighted by Crippen LogP contribution is 2.29. The van der Waals surface area contributed by atoms with E-state index in [9.17, 15) is 4.79 Å². The zero-order valence-electron chi connectivity index (χ0n) is 21.4. The number of carbonyl (C=O) groups is 1. The van der Waals surface area contributed by atoms with Crippen LogP contribution >= 0.6 is 0 Å². The Morgan fingerprint density at radius 3 is 2.31 bits per heavy atom. The molecule has 188 valence electrons. The Hall–Kier alpha value is -3.81. The van der Waals surface area contributed by atoms with E-state index in [2.05, 4.69) is 46.3 Å². The molecule has 3 heterocycles. The lowest BCUT2D eigenvalue weighted by atomic mass is 10.1. The fraction of sp³-hybridized carbons (Fsp3) is 0.393. The summed E-state index contributed by atoms with van der Waals surface area (Å²) in [5, 5.41) is 3.05. The van der Waals surface area contributed by atoms with Crippen LogP contribution in [0.5, 0.6) is 0 Å². The van der Waals surface area contributed by atoms with Crippen LogP contribution in [0, 0.1) is 6.92 Å². The molecule has 0 radical (unpaired) electrons. The maximum atomic E-state index is 12.9. The second-order valence-corrected chi connectivity index (χ2v) is 9.79. The van der Waals surface area contributed by atoms with Crippen LogP contribution in [-0.4, -0.2) is 67.7 Å². The Morgan fingerprint density at radius 1 is 0.917 bits per heavy atom. The van der Waals surface area contributed by atoms with Crippen molar-refractivity contribution in [3.05, 3.63) is 77.0 Å². The van der Waals surface area contributed by atoms with Gasteiger partial charge in [0.25, 0.3) is 0 Å². The fourth-order valence-electron chi connectivity index (χ4n) is 4.87. The Morgan fingerprint density at radius 2 is 1.61 bits per heavy atom. The van der Waals surface area contributed by atoms with E-state index in [1.165, 1.54) is 11.3 Å². The Balaban J connectivity index is 1.27. The summed E-state index contributed by atoms with van der Waals surface area (Å²) in [6.07, 6.45) is 0.730. The molecule has 2 amide bonds. The topological polar surface area (TPSA) is 67.8 Å². The van der Waals surface area contributed by atoms with E-state index in [0.29, 0.717) is 19.6 Å². The van der Waals surface area contributed by atoms with Gasteiger partial charge in [-0.25, -0.2) is 9.78 Å². The van der Waals surface area contributed by atoms with Gasteiger partial charge >= 0.3 is 6.03 Å². The van der Waals surface area contributed by atoms with E-state index in [1.54, 1.807) is 0 Å². The van der Waals surface area contributed by atoms with Crippen molar-refractivity contribution in [2.75, 3.05) is 61.5 Å². The number of piperazine rings is 1. The van der Waals surface area contributed by atoms with Crippen LogP contribution in [0.2, 0.25) is 0 Å². The smallest absolute Gasteiger partial charge is 0.317 e. The quantitative estimate of drug-likeness (QED) is 0.597. The number of anilines is 3. The van der Waals surface area contributed by atoms with Crippen molar-refractivity contribution in [1.29, 1.82) is 0 Å². The first-order valence-corrected chi connectivity index (χ1v) is 12.7. The predicted octanol–water partition coefficient (Wildman–Crippen LogP) is 3.45. The monoisotopic (exact) mass is 485 g/mol. The third kappa shape index (κ3) is 5.22. The SMILES string of the molecule is Cc1ccc(N2CCN(c3nc4c(c(N(C)C)n3)CN(C(=O)NCc3ccccc3)CC4)CC2)cc1. The maximum Gasteiger partial charge on any atom is 0.317 e. The number of aryl methyl sites for hydroxylation is 1. The number of nitrogens with one attached hydrogen (secondary N) is 1. The summed E-state index contributed by atoms with van der Waals surface area (Å²) >= 11 is 0. The highest BCUT2D eigenvalue weighted by molar-refractivity contribution is 5.75. The molecule has 8 nitrogen and oxygen atoms in total. The van der Waals surface area contributed by atoms with Gasteiger partial charge in [0.1, 0.15) is 5.82 Å². The number of amides is 2. The molecule has 1 N–H and O–H groups in total. The average Bonchev–Trinajstić information content (AvgIpc) is 2.92. The van der Waals surface area contributed by atoms with Crippen molar-refractivity contribution in [2.24, 2.45) is 0 Å². The average molecular weight is 486 g/mol. The van der Waals surface area contributed by atoms with Gasteiger partial charge in [-0.3, -0.25) is 0 Å². The Labute approximate surface area is 213 Å². The second kappa shape index (κ2) is 10.4. The molecule has 0 aliphatic carbocycles. The summed E-state index contributed by atoms with van der Waals surface area (Å²) in [7, 11) is 4.02. The van der Waals surface area contributed by atoms with Gasteiger partial charge in [0, 0.05) is 71.0 Å². The Kier molecular flexibility index (Phi) is 6.93. The minimum atomic E-state index is -0.0505. The Bertz CT molecular complexity index is 1190. The molecule has 5 rings (SSSR count). The third-order valence-corrected chi connectivity index (χ3v) is 6.99. The van der Waals surface area contributed by atoms with Gasteiger partial charge in [-0.2, -0.15) is 4.98 Å². The number of rotatable bonds is 5. The summed E-state index contributed by atoms with van der Waals surface area (Å²) < 4.78 is 0. The van der Waals surface area contributed by atoms with Crippen LogP contribution in [0.3, 0.4) is 0 Å². The lowest BCUT2D eigenvalue weighted by Crippen LogP contribution is -2.47. The fourth-order valence-corrected chi connectivity index (χ4v) is 4.87. The molecule has 0 bridgehead atoms. The van der Waals surface area contributed by atoms with Gasteiger partial charge in [0.2, 0.25) is 5.95 Å². The first-order valence-electron chi connectivity index (χ1n) is 12.7. The van der Waals surface area contributed by atoms with E-state index >= 15 is 0 Å². The first kappa shape index (κ1) is 23.9. The number of fused-ring (bicyclic) bond motifs is 1. The molecule has 0 saturated carbocycles. The van der Waals surface area contributed by atoms with E-state index in [0.717, 1.165) is 61.2 Å². The number of urea groups is 1. The summed E-state index contributed by atoms with van der Waals surface area (Å²) in [6.45, 7) is 7.46. The van der Waals surface area contributed by atoms with Crippen molar-refractivity contribution in [1.82, 2.24) is 20.2 Å². The largest absolute Gasteiger partial charge is 0.368 e. The molecule has 0 unspecified atom stereocenters. The molecule has 2 aromatic carbocycles. The molecule has 0 spiro atoms. The van der Waals surface area contributed by atoms with Gasteiger partial charge in [0.05, 0.1) is 12.2 Å². The molecule has 0 atom stereocenters. The normalized spacial score (nSPS) is 15.5. The van der Waals surface area contributed by atoms with E-state index in [-0.39, 0.29) is 6.03 Å². The van der Waals surface area contributed by atoms with E-state index in [1.807, 2.05) is 54.2 Å². The summed E-state index contributed by atoms with van der Waals surface area (Å²) in [5.41, 5.74) is 5.74. The highest BCUT2D eigenvalue weighted by Gasteiger charge is 2.28. The van der Waals surface area contributed by atoms with Crippen LogP contribution in [-0.2, 0) is 19.5 Å². The number of carbonyl (C=O) groups excluding carboxylic acids is 1. The first-order chi connectivity index (χ1) is 17.5. The van der Waals surface area contributed by atoms with Crippen LogP contribution in [0.1, 0.15) is 22.4 Å². The number of benzene rings is 2. The number of hydrogen-bond donors (Lipinski definition) is 1. The highest BCUT2D eigenvalue weighted by atomic mass is 16.2. The van der Waals surface area contributed by atoms with Crippen LogP contribution in [0.25, 0.3) is 0 Å². The molecule has 36 heavy (non-hydrogen) atoms. The van der Waals surface area contributed by atoms with E-state index < -0.39 is 0 Å². The third-order valence-electron chi connectivity index (χ3n) is 6.99. The molecule has 2 aliphatic rings. The molecule has 3 aromatic rings. The van der Waals surface area contributed by atoms with Gasteiger partial charge in [-0.15, -0.1) is 0 Å². The lowest BCUT2D eigenvalue weighted by molar-refractivity contribution is 0.191. The minimum absolute atomic E-state index is 0.0505. The maximum absolute atomic E-state index is 12.9. The van der Waals surface area contributed by atoms with Crippen LogP contribution < -0.4 is 20.0 Å². The molecule has 1 aromatic heterocycles. The van der Waals surface area contributed by atoms with Gasteiger partial charge < -0.3 is 24.9 Å². The summed E-state index contributed by atoms with van der Waals surface area (Å²) in [6, 6.07) is 18.7. The van der Waals surface area contributed by atoms with Gasteiger partial charge in [-0.1, -0.05) is 48.0 Å². The zero-order valence-corrected chi connectivity index (χ0v) is 21.4. The number of aromatic nitrogens is 2. The van der Waals surface area contributed by atoms with Crippen molar-refractivity contribution in [2.45, 2.75) is 26.4 Å². The van der Waals surface area contributed by atoms with Gasteiger partial charge in [-0.05, 0) is 24.6 Å². The lowest BCUT2D eigenvalue weighted by Gasteiger charge is -2.37. The van der Waals surface area contributed by atoms with Crippen molar-refractivity contribution in [3.8, 4) is 0 Å².